The maximum atomic E-state index is 14.4. The molecule has 2 aliphatic heterocycles. The Hall–Kier alpha value is -3.62. The van der Waals surface area contributed by atoms with E-state index < -0.39 is 0 Å². The first-order chi connectivity index (χ1) is 15.7. The van der Waals surface area contributed by atoms with Gasteiger partial charge in [0.2, 0.25) is 5.95 Å². The summed E-state index contributed by atoms with van der Waals surface area (Å²) in [5.41, 5.74) is 2.55. The molecule has 4 aromatic rings. The first-order valence-electron chi connectivity index (χ1n) is 11.2. The maximum Gasteiger partial charge on any atom is 0.245 e. The van der Waals surface area contributed by atoms with E-state index in [4.69, 9.17) is 4.98 Å². The summed E-state index contributed by atoms with van der Waals surface area (Å²) < 4.78 is 18.0. The monoisotopic (exact) mass is 432 g/mol. The molecule has 5 heterocycles. The van der Waals surface area contributed by atoms with Gasteiger partial charge in [0.05, 0.1) is 11.9 Å². The first kappa shape index (κ1) is 19.1. The third kappa shape index (κ3) is 3.53. The fourth-order valence-electron chi connectivity index (χ4n) is 4.58. The first-order valence-corrected chi connectivity index (χ1v) is 11.2. The number of benzene rings is 1. The van der Waals surface area contributed by atoms with Gasteiger partial charge in [0.1, 0.15) is 23.5 Å². The Kier molecular flexibility index (Phi) is 4.66. The highest BCUT2D eigenvalue weighted by molar-refractivity contribution is 5.73. The summed E-state index contributed by atoms with van der Waals surface area (Å²) in [5.74, 6) is 1.82. The summed E-state index contributed by atoms with van der Waals surface area (Å²) >= 11 is 0. The predicted molar refractivity (Wildman–Crippen MR) is 123 cm³/mol. The number of hydrogen-bond acceptors (Lipinski definition) is 6. The molecule has 32 heavy (non-hydrogen) atoms. The number of halogens is 1. The van der Waals surface area contributed by atoms with Crippen LogP contribution < -0.4 is 15.1 Å². The van der Waals surface area contributed by atoms with Crippen molar-refractivity contribution in [2.75, 3.05) is 41.3 Å². The second-order valence-electron chi connectivity index (χ2n) is 8.45. The van der Waals surface area contributed by atoms with E-state index in [0.717, 1.165) is 68.8 Å². The highest BCUT2D eigenvalue weighted by atomic mass is 19.1. The van der Waals surface area contributed by atoms with Crippen LogP contribution in [0.1, 0.15) is 25.7 Å². The summed E-state index contributed by atoms with van der Waals surface area (Å²) in [5, 5.41) is 7.99. The molecule has 0 atom stereocenters. The summed E-state index contributed by atoms with van der Waals surface area (Å²) in [6.07, 6.45) is 10.1. The summed E-state index contributed by atoms with van der Waals surface area (Å²) in [6, 6.07) is 9.08. The molecule has 0 saturated carbocycles. The molecule has 0 radical (unpaired) electrons. The van der Waals surface area contributed by atoms with Crippen molar-refractivity contribution in [3.63, 3.8) is 0 Å². The van der Waals surface area contributed by atoms with Gasteiger partial charge in [-0.05, 0) is 56.0 Å². The third-order valence-electron chi connectivity index (χ3n) is 6.23. The van der Waals surface area contributed by atoms with Crippen LogP contribution in [0.15, 0.2) is 49.1 Å². The van der Waals surface area contributed by atoms with Gasteiger partial charge in [-0.1, -0.05) is 0 Å². The number of fused-ring (bicyclic) bond motifs is 1. The zero-order chi connectivity index (χ0) is 21.5. The van der Waals surface area contributed by atoms with Gasteiger partial charge in [-0.25, -0.2) is 13.9 Å². The van der Waals surface area contributed by atoms with E-state index >= 15 is 0 Å². The largest absolute Gasteiger partial charge is 0.371 e. The molecule has 0 bridgehead atoms. The molecule has 0 spiro atoms. The molecule has 0 unspecified atom stereocenters. The van der Waals surface area contributed by atoms with Crippen LogP contribution in [0.4, 0.5) is 27.7 Å². The molecule has 9 heteroatoms. The van der Waals surface area contributed by atoms with Crippen LogP contribution in [-0.2, 0) is 0 Å². The Morgan fingerprint density at radius 1 is 0.906 bits per heavy atom. The minimum atomic E-state index is -0.242. The molecule has 164 valence electrons. The van der Waals surface area contributed by atoms with Crippen LogP contribution >= 0.6 is 0 Å². The van der Waals surface area contributed by atoms with Gasteiger partial charge in [0, 0.05) is 38.1 Å². The summed E-state index contributed by atoms with van der Waals surface area (Å²) in [7, 11) is 0. The van der Waals surface area contributed by atoms with Gasteiger partial charge in [0.15, 0.2) is 5.82 Å². The van der Waals surface area contributed by atoms with Crippen molar-refractivity contribution >= 4 is 28.8 Å². The van der Waals surface area contributed by atoms with E-state index in [2.05, 4.69) is 25.2 Å². The fraction of sp³-hybridized carbons (Fsp3) is 0.348. The smallest absolute Gasteiger partial charge is 0.245 e. The van der Waals surface area contributed by atoms with Gasteiger partial charge in [-0.2, -0.15) is 4.98 Å². The van der Waals surface area contributed by atoms with Crippen molar-refractivity contribution in [2.24, 2.45) is 0 Å². The average molecular weight is 433 g/mol. The van der Waals surface area contributed by atoms with Crippen molar-refractivity contribution in [3.05, 3.63) is 54.9 Å². The van der Waals surface area contributed by atoms with E-state index in [0.29, 0.717) is 17.6 Å². The van der Waals surface area contributed by atoms with Crippen LogP contribution in [0.5, 0.6) is 0 Å². The Bertz CT molecular complexity index is 1250. The van der Waals surface area contributed by atoms with E-state index in [1.807, 2.05) is 39.7 Å². The predicted octanol–water partition coefficient (Wildman–Crippen LogP) is 4.00. The van der Waals surface area contributed by atoms with Gasteiger partial charge in [-0.3, -0.25) is 0 Å². The minimum Gasteiger partial charge on any atom is -0.371 e. The SMILES string of the molecule is Fc1cc(N2CCCC2)cc(-n2cnc(Nc3nc(N4CCCC4)nn4cccc34)c2)c1. The maximum absolute atomic E-state index is 14.4. The van der Waals surface area contributed by atoms with E-state index in [-0.39, 0.29) is 5.82 Å². The van der Waals surface area contributed by atoms with Crippen molar-refractivity contribution in [2.45, 2.75) is 25.7 Å². The van der Waals surface area contributed by atoms with Crippen LogP contribution in [-0.4, -0.2) is 50.3 Å². The number of hydrogen-bond donors (Lipinski definition) is 1. The molecular weight excluding hydrogens is 407 g/mol. The lowest BCUT2D eigenvalue weighted by molar-refractivity contribution is 0.626. The number of nitrogens with one attached hydrogen (secondary N) is 1. The van der Waals surface area contributed by atoms with Crippen molar-refractivity contribution in [1.29, 1.82) is 0 Å². The molecule has 0 aliphatic carbocycles. The molecule has 2 saturated heterocycles. The summed E-state index contributed by atoms with van der Waals surface area (Å²) in [4.78, 5) is 13.7. The average Bonchev–Trinajstić information content (AvgIpc) is 3.61. The van der Waals surface area contributed by atoms with Crippen LogP contribution in [0.25, 0.3) is 11.2 Å². The number of anilines is 4. The van der Waals surface area contributed by atoms with Crippen LogP contribution in [0.3, 0.4) is 0 Å². The van der Waals surface area contributed by atoms with E-state index in [9.17, 15) is 4.39 Å². The molecule has 6 rings (SSSR count). The Morgan fingerprint density at radius 2 is 1.66 bits per heavy atom. The van der Waals surface area contributed by atoms with Gasteiger partial charge >= 0.3 is 0 Å². The lowest BCUT2D eigenvalue weighted by atomic mass is 10.2. The van der Waals surface area contributed by atoms with E-state index in [1.54, 1.807) is 12.4 Å². The Labute approximate surface area is 185 Å². The lowest BCUT2D eigenvalue weighted by Crippen LogP contribution is -2.22. The van der Waals surface area contributed by atoms with Crippen LogP contribution in [0, 0.1) is 5.82 Å². The molecule has 2 fully saturated rings. The topological polar surface area (TPSA) is 66.5 Å². The lowest BCUT2D eigenvalue weighted by Gasteiger charge is -2.18. The third-order valence-corrected chi connectivity index (χ3v) is 6.23. The second kappa shape index (κ2) is 7.81. The minimum absolute atomic E-state index is 0.242. The number of aromatic nitrogens is 5. The molecule has 8 nitrogen and oxygen atoms in total. The zero-order valence-electron chi connectivity index (χ0n) is 17.8. The normalized spacial score (nSPS) is 16.4. The fourth-order valence-corrected chi connectivity index (χ4v) is 4.58. The number of rotatable bonds is 5. The molecule has 1 N–H and O–H groups in total. The molecule has 1 aromatic carbocycles. The molecular formula is C23H25FN8. The number of nitrogens with zero attached hydrogens (tertiary/aromatic N) is 7. The summed E-state index contributed by atoms with van der Waals surface area (Å²) in [6.45, 7) is 3.89. The van der Waals surface area contributed by atoms with Crippen molar-refractivity contribution in [3.8, 4) is 5.69 Å². The van der Waals surface area contributed by atoms with E-state index in [1.165, 1.54) is 6.07 Å². The number of imidazole rings is 1. The molecule has 3 aromatic heterocycles. The van der Waals surface area contributed by atoms with Gasteiger partial charge in [-0.15, -0.1) is 5.10 Å². The van der Waals surface area contributed by atoms with Crippen molar-refractivity contribution < 1.29 is 4.39 Å². The second-order valence-corrected chi connectivity index (χ2v) is 8.45. The zero-order valence-corrected chi connectivity index (χ0v) is 17.8. The molecule has 2 aliphatic rings. The van der Waals surface area contributed by atoms with Gasteiger partial charge in [0.25, 0.3) is 0 Å². The quantitative estimate of drug-likeness (QED) is 0.514. The highest BCUT2D eigenvalue weighted by Gasteiger charge is 2.18. The van der Waals surface area contributed by atoms with Crippen molar-refractivity contribution in [1.82, 2.24) is 24.1 Å². The Morgan fingerprint density at radius 3 is 2.47 bits per heavy atom. The van der Waals surface area contributed by atoms with Gasteiger partial charge < -0.3 is 19.7 Å². The molecule has 0 amide bonds. The highest BCUT2D eigenvalue weighted by Crippen LogP contribution is 2.27. The standard InChI is InChI=1S/C23H25FN8/c24-17-12-18(29-7-1-2-8-29)14-19(13-17)31-15-21(25-16-31)26-22-20-6-5-11-32(20)28-23(27-22)30-9-3-4-10-30/h5-6,11-16H,1-4,7-10H2,(H,26,27,28). The van der Waals surface area contributed by atoms with Crippen LogP contribution in [0.2, 0.25) is 0 Å². The Balaban J connectivity index is 1.30.